The van der Waals surface area contributed by atoms with Crippen molar-refractivity contribution in [1.82, 2.24) is 15.0 Å². The summed E-state index contributed by atoms with van der Waals surface area (Å²) in [4.78, 5) is 28.0. The number of nitrogens with zero attached hydrogens (tertiary/aromatic N) is 3. The second kappa shape index (κ2) is 6.48. The fourth-order valence-corrected chi connectivity index (χ4v) is 2.67. The van der Waals surface area contributed by atoms with Crippen molar-refractivity contribution in [3.05, 3.63) is 11.8 Å². The lowest BCUT2D eigenvalue weighted by atomic mass is 10.2. The van der Waals surface area contributed by atoms with Crippen LogP contribution in [0.3, 0.4) is 0 Å². The summed E-state index contributed by atoms with van der Waals surface area (Å²) < 4.78 is 4.91. The number of hydrogen-bond acceptors (Lipinski definition) is 5. The van der Waals surface area contributed by atoms with Gasteiger partial charge >= 0.3 is 0 Å². The molecule has 0 radical (unpaired) electrons. The zero-order valence-electron chi connectivity index (χ0n) is 12.9. The Balaban J connectivity index is 1.36. The number of piperazine rings is 1. The van der Waals surface area contributed by atoms with Gasteiger partial charge in [0.05, 0.1) is 0 Å². The highest BCUT2D eigenvalue weighted by atomic mass is 16.5. The van der Waals surface area contributed by atoms with Gasteiger partial charge < -0.3 is 14.7 Å². The lowest BCUT2D eigenvalue weighted by Crippen LogP contribution is -2.49. The van der Waals surface area contributed by atoms with Crippen molar-refractivity contribution in [3.8, 4) is 0 Å². The van der Waals surface area contributed by atoms with Crippen LogP contribution in [0.4, 0.5) is 5.82 Å². The fourth-order valence-electron chi connectivity index (χ4n) is 2.67. The van der Waals surface area contributed by atoms with E-state index in [0.717, 1.165) is 39.0 Å². The predicted molar refractivity (Wildman–Crippen MR) is 80.2 cm³/mol. The Labute approximate surface area is 129 Å². The molecular formula is C15H22N4O3. The summed E-state index contributed by atoms with van der Waals surface area (Å²) in [6, 6.07) is 1.69. The van der Waals surface area contributed by atoms with Gasteiger partial charge in [-0.15, -0.1) is 0 Å². The average molecular weight is 306 g/mol. The van der Waals surface area contributed by atoms with E-state index in [9.17, 15) is 9.59 Å². The maximum Gasteiger partial charge on any atom is 0.226 e. The third-order valence-electron chi connectivity index (χ3n) is 4.16. The summed E-state index contributed by atoms with van der Waals surface area (Å²) >= 11 is 0. The van der Waals surface area contributed by atoms with E-state index in [2.05, 4.69) is 15.4 Å². The van der Waals surface area contributed by atoms with E-state index in [-0.39, 0.29) is 5.91 Å². The van der Waals surface area contributed by atoms with E-state index in [1.807, 2.05) is 4.90 Å². The summed E-state index contributed by atoms with van der Waals surface area (Å²) in [7, 11) is 0. The van der Waals surface area contributed by atoms with E-state index in [1.54, 1.807) is 13.0 Å². The maximum absolute atomic E-state index is 12.0. The third-order valence-corrected chi connectivity index (χ3v) is 4.16. The van der Waals surface area contributed by atoms with Crippen molar-refractivity contribution in [3.63, 3.8) is 0 Å². The standard InChI is InChI=1S/C15H22N4O3/c1-11-10-13(17-22-11)16-14(20)4-5-18-6-8-19(9-7-18)15(21)12-2-3-12/h10,12H,2-9H2,1H3,(H,16,17,20). The van der Waals surface area contributed by atoms with Gasteiger partial charge in [0.15, 0.2) is 5.82 Å². The SMILES string of the molecule is Cc1cc(NC(=O)CCN2CCN(C(=O)C3CC3)CC2)no1. The van der Waals surface area contributed by atoms with E-state index >= 15 is 0 Å². The van der Waals surface area contributed by atoms with Crippen LogP contribution >= 0.6 is 0 Å². The van der Waals surface area contributed by atoms with Gasteiger partial charge in [-0.3, -0.25) is 14.5 Å². The molecule has 1 N–H and O–H groups in total. The van der Waals surface area contributed by atoms with Crippen molar-refractivity contribution in [2.24, 2.45) is 5.92 Å². The monoisotopic (exact) mass is 306 g/mol. The smallest absolute Gasteiger partial charge is 0.226 e. The van der Waals surface area contributed by atoms with Crippen molar-refractivity contribution in [1.29, 1.82) is 0 Å². The van der Waals surface area contributed by atoms with Crippen LogP contribution in [-0.2, 0) is 9.59 Å². The van der Waals surface area contributed by atoms with Crippen LogP contribution in [0.5, 0.6) is 0 Å². The van der Waals surface area contributed by atoms with Gasteiger partial charge in [0, 0.05) is 51.1 Å². The highest BCUT2D eigenvalue weighted by Gasteiger charge is 2.34. The summed E-state index contributed by atoms with van der Waals surface area (Å²) in [6.45, 7) is 5.72. The Kier molecular flexibility index (Phi) is 4.42. The third kappa shape index (κ3) is 3.85. The summed E-state index contributed by atoms with van der Waals surface area (Å²) in [6.07, 6.45) is 2.53. The number of rotatable bonds is 5. The minimum Gasteiger partial charge on any atom is -0.360 e. The molecular weight excluding hydrogens is 284 g/mol. The Morgan fingerprint density at radius 2 is 2.05 bits per heavy atom. The molecule has 0 bridgehead atoms. The van der Waals surface area contributed by atoms with Crippen molar-refractivity contribution >= 4 is 17.6 Å². The predicted octanol–water partition coefficient (Wildman–Crippen LogP) is 0.866. The van der Waals surface area contributed by atoms with Gasteiger partial charge in [0.25, 0.3) is 0 Å². The van der Waals surface area contributed by atoms with E-state index in [1.165, 1.54) is 0 Å². The lowest BCUT2D eigenvalue weighted by Gasteiger charge is -2.34. The minimum absolute atomic E-state index is 0.0650. The first-order chi connectivity index (χ1) is 10.6. The number of carbonyl (C=O) groups is 2. The second-order valence-electron chi connectivity index (χ2n) is 6.06. The number of nitrogens with one attached hydrogen (secondary N) is 1. The first kappa shape index (κ1) is 15.0. The van der Waals surface area contributed by atoms with Crippen LogP contribution < -0.4 is 5.32 Å². The topological polar surface area (TPSA) is 78.7 Å². The highest BCUT2D eigenvalue weighted by Crippen LogP contribution is 2.31. The van der Waals surface area contributed by atoms with Crippen LogP contribution in [-0.4, -0.2) is 59.5 Å². The van der Waals surface area contributed by atoms with Crippen molar-refractivity contribution in [2.75, 3.05) is 38.0 Å². The Bertz CT molecular complexity index is 545. The molecule has 1 aliphatic heterocycles. The molecule has 7 heteroatoms. The van der Waals surface area contributed by atoms with Gasteiger partial charge in [0.1, 0.15) is 5.76 Å². The Morgan fingerprint density at radius 3 is 2.64 bits per heavy atom. The highest BCUT2D eigenvalue weighted by molar-refractivity contribution is 5.89. The molecule has 2 heterocycles. The first-order valence-corrected chi connectivity index (χ1v) is 7.86. The van der Waals surface area contributed by atoms with Crippen LogP contribution in [0.1, 0.15) is 25.0 Å². The van der Waals surface area contributed by atoms with Crippen molar-refractivity contribution < 1.29 is 14.1 Å². The molecule has 120 valence electrons. The van der Waals surface area contributed by atoms with Gasteiger partial charge in [-0.05, 0) is 19.8 Å². The molecule has 2 aliphatic rings. The first-order valence-electron chi connectivity index (χ1n) is 7.86. The van der Waals surface area contributed by atoms with Crippen LogP contribution in [0, 0.1) is 12.8 Å². The van der Waals surface area contributed by atoms with Crippen molar-refractivity contribution in [2.45, 2.75) is 26.2 Å². The fraction of sp³-hybridized carbons (Fsp3) is 0.667. The molecule has 3 rings (SSSR count). The van der Waals surface area contributed by atoms with Crippen LogP contribution in [0.25, 0.3) is 0 Å². The molecule has 1 aromatic heterocycles. The number of aromatic nitrogens is 1. The zero-order chi connectivity index (χ0) is 15.5. The molecule has 0 atom stereocenters. The number of hydrogen-bond donors (Lipinski definition) is 1. The molecule has 1 saturated carbocycles. The largest absolute Gasteiger partial charge is 0.360 e. The molecule has 22 heavy (non-hydrogen) atoms. The van der Waals surface area contributed by atoms with Gasteiger partial charge in [-0.1, -0.05) is 5.16 Å². The molecule has 0 aromatic carbocycles. The molecule has 7 nitrogen and oxygen atoms in total. The molecule has 1 aromatic rings. The van der Waals surface area contributed by atoms with Gasteiger partial charge in [-0.25, -0.2) is 0 Å². The number of carbonyl (C=O) groups excluding carboxylic acids is 2. The second-order valence-corrected chi connectivity index (χ2v) is 6.06. The van der Waals surface area contributed by atoms with Gasteiger partial charge in [0.2, 0.25) is 11.8 Å². The van der Waals surface area contributed by atoms with E-state index < -0.39 is 0 Å². The summed E-state index contributed by atoms with van der Waals surface area (Å²) in [5.74, 6) is 1.68. The molecule has 2 fully saturated rings. The Hall–Kier alpha value is -1.89. The van der Waals surface area contributed by atoms with E-state index in [4.69, 9.17) is 4.52 Å². The zero-order valence-corrected chi connectivity index (χ0v) is 12.9. The molecule has 0 spiro atoms. The summed E-state index contributed by atoms with van der Waals surface area (Å²) in [5.41, 5.74) is 0. The molecule has 1 saturated heterocycles. The van der Waals surface area contributed by atoms with E-state index in [0.29, 0.717) is 36.4 Å². The average Bonchev–Trinajstić information content (AvgIpc) is 3.29. The summed E-state index contributed by atoms with van der Waals surface area (Å²) in [5, 5.41) is 6.46. The molecule has 1 aliphatic carbocycles. The lowest BCUT2D eigenvalue weighted by molar-refractivity contribution is -0.134. The minimum atomic E-state index is -0.0650. The normalized spacial score (nSPS) is 19.2. The van der Waals surface area contributed by atoms with Gasteiger partial charge in [-0.2, -0.15) is 0 Å². The van der Waals surface area contributed by atoms with Crippen LogP contribution in [0.2, 0.25) is 0 Å². The quantitative estimate of drug-likeness (QED) is 0.873. The molecule has 0 unspecified atom stereocenters. The Morgan fingerprint density at radius 1 is 1.32 bits per heavy atom. The van der Waals surface area contributed by atoms with Crippen LogP contribution in [0.15, 0.2) is 10.6 Å². The number of anilines is 1. The number of amides is 2. The molecule has 2 amide bonds. The maximum atomic E-state index is 12.0. The number of aryl methyl sites for hydroxylation is 1.